The second-order valence-corrected chi connectivity index (χ2v) is 9.88. The summed E-state index contributed by atoms with van der Waals surface area (Å²) in [6.45, 7) is 1.95. The molecule has 1 aliphatic rings. The van der Waals surface area contributed by atoms with E-state index in [9.17, 15) is 4.57 Å². The first kappa shape index (κ1) is 20.0. The Balaban J connectivity index is 1.58. The van der Waals surface area contributed by atoms with E-state index in [2.05, 4.69) is 29.4 Å². The highest BCUT2D eigenvalue weighted by Crippen LogP contribution is 2.57. The topological polar surface area (TPSA) is 47.6 Å². The van der Waals surface area contributed by atoms with Gasteiger partial charge in [-0.3, -0.25) is 0 Å². The molecule has 0 saturated heterocycles. The Morgan fingerprint density at radius 1 is 0.636 bits per heavy atom. The molecule has 0 aliphatic carbocycles. The maximum Gasteiger partial charge on any atom is 0.513 e. The van der Waals surface area contributed by atoms with Crippen LogP contribution in [0.2, 0.25) is 0 Å². The second-order valence-electron chi connectivity index (χ2n) is 8.26. The molecule has 33 heavy (non-hydrogen) atoms. The summed E-state index contributed by atoms with van der Waals surface area (Å²) in [7, 11) is -3.75. The van der Waals surface area contributed by atoms with Crippen molar-refractivity contribution in [1.82, 2.24) is 5.09 Å². The maximum absolute atomic E-state index is 14.1. The fourth-order valence-electron chi connectivity index (χ4n) is 4.55. The van der Waals surface area contributed by atoms with Gasteiger partial charge < -0.3 is 9.05 Å². The molecule has 0 bridgehead atoms. The van der Waals surface area contributed by atoms with Crippen molar-refractivity contribution < 1.29 is 13.6 Å². The Kier molecular flexibility index (Phi) is 4.72. The summed E-state index contributed by atoms with van der Waals surface area (Å²) in [6, 6.07) is 33.7. The maximum atomic E-state index is 14.1. The SMILES string of the molecule is C[C@H](NP1(=O)Oc2ccc3ccccc3c2-c2c(ccc3ccccc23)O1)c1ccccc1. The van der Waals surface area contributed by atoms with E-state index in [0.29, 0.717) is 11.5 Å². The van der Waals surface area contributed by atoms with Crippen molar-refractivity contribution in [2.45, 2.75) is 13.0 Å². The molecule has 0 fully saturated rings. The standard InChI is InChI=1S/C28H22NO3P/c1-19(20-9-3-2-4-10-20)29-33(30)31-25-17-15-21-11-5-7-13-23(21)27(25)28-24-14-8-6-12-22(24)16-18-26(28)32-33/h2-19H,1H3,(H,29,30)/t19-/m0/s1. The van der Waals surface area contributed by atoms with Gasteiger partial charge in [0.15, 0.2) is 0 Å². The lowest BCUT2D eigenvalue weighted by molar-refractivity contribution is 0.368. The second kappa shape index (κ2) is 7.77. The van der Waals surface area contributed by atoms with Gasteiger partial charge in [-0.15, -0.1) is 0 Å². The first-order valence-corrected chi connectivity index (χ1v) is 12.5. The number of nitrogens with one attached hydrogen (secondary N) is 1. The average molecular weight is 451 g/mol. The zero-order valence-electron chi connectivity index (χ0n) is 18.1. The summed E-state index contributed by atoms with van der Waals surface area (Å²) in [5.41, 5.74) is 2.79. The molecule has 5 heteroatoms. The monoisotopic (exact) mass is 451 g/mol. The third kappa shape index (κ3) is 3.48. The van der Waals surface area contributed by atoms with Crippen LogP contribution in [0.3, 0.4) is 0 Å². The molecule has 0 aromatic heterocycles. The number of benzene rings is 5. The first-order valence-electron chi connectivity index (χ1n) is 11.0. The van der Waals surface area contributed by atoms with Gasteiger partial charge in [-0.25, -0.2) is 4.57 Å². The molecule has 1 atom stereocenters. The summed E-state index contributed by atoms with van der Waals surface area (Å²) in [5, 5.41) is 7.37. The molecule has 1 aliphatic heterocycles. The van der Waals surface area contributed by atoms with E-state index in [0.717, 1.165) is 38.2 Å². The van der Waals surface area contributed by atoms with Crippen LogP contribution >= 0.6 is 7.75 Å². The van der Waals surface area contributed by atoms with E-state index in [1.807, 2.05) is 85.8 Å². The Hall–Kier alpha value is -3.59. The van der Waals surface area contributed by atoms with Crippen LogP contribution in [0, 0.1) is 0 Å². The molecule has 4 nitrogen and oxygen atoms in total. The van der Waals surface area contributed by atoms with Crippen LogP contribution in [0.4, 0.5) is 0 Å². The van der Waals surface area contributed by atoms with E-state index in [1.54, 1.807) is 0 Å². The Labute approximate surface area is 192 Å². The normalized spacial score (nSPS) is 15.1. The molecular formula is C28H22NO3P. The highest BCUT2D eigenvalue weighted by atomic mass is 31.2. The van der Waals surface area contributed by atoms with Crippen molar-refractivity contribution in [3.05, 3.63) is 109 Å². The van der Waals surface area contributed by atoms with E-state index >= 15 is 0 Å². The molecule has 0 amide bonds. The number of hydrogen-bond donors (Lipinski definition) is 1. The van der Waals surface area contributed by atoms with Crippen molar-refractivity contribution in [3.63, 3.8) is 0 Å². The summed E-state index contributed by atoms with van der Waals surface area (Å²) < 4.78 is 26.5. The molecular weight excluding hydrogens is 429 g/mol. The van der Waals surface area contributed by atoms with Crippen LogP contribution in [0.1, 0.15) is 18.5 Å². The van der Waals surface area contributed by atoms with Crippen molar-refractivity contribution in [1.29, 1.82) is 0 Å². The minimum atomic E-state index is -3.75. The van der Waals surface area contributed by atoms with Crippen LogP contribution in [0.25, 0.3) is 32.7 Å². The minimum Gasteiger partial charge on any atom is -0.404 e. The lowest BCUT2D eigenvalue weighted by atomic mass is 9.92. The van der Waals surface area contributed by atoms with E-state index in [1.165, 1.54) is 0 Å². The number of hydrogen-bond acceptors (Lipinski definition) is 3. The lowest BCUT2D eigenvalue weighted by Crippen LogP contribution is -2.21. The number of rotatable bonds is 3. The van der Waals surface area contributed by atoms with Gasteiger partial charge in [-0.1, -0.05) is 91.0 Å². The third-order valence-corrected chi connectivity index (χ3v) is 7.70. The van der Waals surface area contributed by atoms with Crippen molar-refractivity contribution in [2.75, 3.05) is 0 Å². The summed E-state index contributed by atoms with van der Waals surface area (Å²) in [4.78, 5) is 0. The summed E-state index contributed by atoms with van der Waals surface area (Å²) in [6.07, 6.45) is 0. The van der Waals surface area contributed by atoms with Crippen LogP contribution in [0.15, 0.2) is 103 Å². The number of fused-ring (bicyclic) bond motifs is 7. The van der Waals surface area contributed by atoms with Crippen molar-refractivity contribution in [3.8, 4) is 22.6 Å². The summed E-state index contributed by atoms with van der Waals surface area (Å²) >= 11 is 0. The van der Waals surface area contributed by atoms with Crippen molar-refractivity contribution in [2.24, 2.45) is 0 Å². The zero-order valence-corrected chi connectivity index (χ0v) is 19.0. The molecule has 0 spiro atoms. The van der Waals surface area contributed by atoms with Gasteiger partial charge in [-0.05, 0) is 46.2 Å². The molecule has 6 rings (SSSR count). The molecule has 162 valence electrons. The van der Waals surface area contributed by atoms with Crippen molar-refractivity contribution >= 4 is 29.3 Å². The average Bonchev–Trinajstić information content (AvgIpc) is 2.98. The Morgan fingerprint density at radius 3 is 1.67 bits per heavy atom. The third-order valence-electron chi connectivity index (χ3n) is 6.12. The highest BCUT2D eigenvalue weighted by Gasteiger charge is 2.37. The van der Waals surface area contributed by atoms with Gasteiger partial charge in [0.2, 0.25) is 0 Å². The van der Waals surface area contributed by atoms with Gasteiger partial charge in [0.25, 0.3) is 0 Å². The van der Waals surface area contributed by atoms with E-state index < -0.39 is 7.75 Å². The van der Waals surface area contributed by atoms with E-state index in [-0.39, 0.29) is 6.04 Å². The highest BCUT2D eigenvalue weighted by molar-refractivity contribution is 7.52. The van der Waals surface area contributed by atoms with Gasteiger partial charge in [0, 0.05) is 17.2 Å². The fraction of sp³-hybridized carbons (Fsp3) is 0.0714. The van der Waals surface area contributed by atoms with Crippen LogP contribution in [0.5, 0.6) is 11.5 Å². The molecule has 0 radical (unpaired) electrons. The predicted molar refractivity (Wildman–Crippen MR) is 134 cm³/mol. The largest absolute Gasteiger partial charge is 0.513 e. The molecule has 0 saturated carbocycles. The molecule has 5 aromatic rings. The molecule has 1 N–H and O–H groups in total. The van der Waals surface area contributed by atoms with Gasteiger partial charge in [-0.2, -0.15) is 5.09 Å². The van der Waals surface area contributed by atoms with Crippen LogP contribution in [-0.4, -0.2) is 0 Å². The predicted octanol–water partition coefficient (Wildman–Crippen LogP) is 7.89. The van der Waals surface area contributed by atoms with Gasteiger partial charge in [0.05, 0.1) is 0 Å². The van der Waals surface area contributed by atoms with Gasteiger partial charge in [0.1, 0.15) is 11.5 Å². The lowest BCUT2D eigenvalue weighted by Gasteiger charge is -2.22. The zero-order chi connectivity index (χ0) is 22.4. The Morgan fingerprint density at radius 2 is 1.12 bits per heavy atom. The van der Waals surface area contributed by atoms with Crippen LogP contribution < -0.4 is 14.1 Å². The first-order chi connectivity index (χ1) is 16.1. The van der Waals surface area contributed by atoms with Crippen LogP contribution in [-0.2, 0) is 4.57 Å². The van der Waals surface area contributed by atoms with E-state index in [4.69, 9.17) is 9.05 Å². The molecule has 0 unspecified atom stereocenters. The minimum absolute atomic E-state index is 0.233. The van der Waals surface area contributed by atoms with Gasteiger partial charge >= 0.3 is 7.75 Å². The summed E-state index contributed by atoms with van der Waals surface area (Å²) in [5.74, 6) is 1.08. The quantitative estimate of drug-likeness (QED) is 0.283. The fourth-order valence-corrected chi connectivity index (χ4v) is 6.14. The smallest absolute Gasteiger partial charge is 0.404 e. The molecule has 1 heterocycles. The molecule has 5 aromatic carbocycles. The Bertz CT molecular complexity index is 1460.